The Balaban J connectivity index is 2.28. The van der Waals surface area contributed by atoms with Crippen LogP contribution in [-0.2, 0) is 10.0 Å². The fraction of sp³-hybridized carbons (Fsp3) is 0.600. The van der Waals surface area contributed by atoms with Gasteiger partial charge in [-0.25, -0.2) is 8.42 Å². The van der Waals surface area contributed by atoms with E-state index >= 15 is 0 Å². The molecule has 2 unspecified atom stereocenters. The third kappa shape index (κ3) is 2.82. The van der Waals surface area contributed by atoms with Crippen LogP contribution in [0.2, 0.25) is 4.34 Å². The molecule has 0 aliphatic carbocycles. The zero-order chi connectivity index (χ0) is 15.1. The smallest absolute Gasteiger partial charge is 0.300 e. The third-order valence-electron chi connectivity index (χ3n) is 3.37. The molecule has 0 aromatic carbocycles. The van der Waals surface area contributed by atoms with Crippen LogP contribution < -0.4 is 5.73 Å². The number of thiophene rings is 1. The van der Waals surface area contributed by atoms with Crippen molar-refractivity contribution in [1.29, 1.82) is 0 Å². The van der Waals surface area contributed by atoms with E-state index in [-0.39, 0.29) is 26.2 Å². The average molecular weight is 340 g/mol. The van der Waals surface area contributed by atoms with Gasteiger partial charge in [-0.2, -0.15) is 4.31 Å². The van der Waals surface area contributed by atoms with Crippen LogP contribution in [0.4, 0.5) is 5.69 Å². The monoisotopic (exact) mass is 339 g/mol. The van der Waals surface area contributed by atoms with Gasteiger partial charge in [-0.05, 0) is 19.3 Å². The van der Waals surface area contributed by atoms with Gasteiger partial charge in [0.2, 0.25) is 0 Å². The van der Waals surface area contributed by atoms with Crippen molar-refractivity contribution in [1.82, 2.24) is 4.31 Å². The maximum absolute atomic E-state index is 12.4. The number of hydrogen-bond acceptors (Lipinski definition) is 6. The van der Waals surface area contributed by atoms with Crippen LogP contribution in [-0.4, -0.2) is 36.8 Å². The summed E-state index contributed by atoms with van der Waals surface area (Å²) in [6.45, 7) is 2.55. The highest BCUT2D eigenvalue weighted by Gasteiger charge is 2.36. The number of rotatable bonds is 4. The van der Waals surface area contributed by atoms with Gasteiger partial charge in [0, 0.05) is 25.2 Å². The van der Waals surface area contributed by atoms with Crippen LogP contribution in [0.5, 0.6) is 0 Å². The molecule has 0 amide bonds. The fourth-order valence-electron chi connectivity index (χ4n) is 2.12. The summed E-state index contributed by atoms with van der Waals surface area (Å²) in [5.41, 5.74) is 5.40. The molecule has 0 bridgehead atoms. The Morgan fingerprint density at radius 3 is 2.75 bits per heavy atom. The lowest BCUT2D eigenvalue weighted by Crippen LogP contribution is -2.32. The fourth-order valence-corrected chi connectivity index (χ4v) is 5.45. The minimum atomic E-state index is -3.73. The van der Waals surface area contributed by atoms with Gasteiger partial charge in [-0.3, -0.25) is 10.1 Å². The quantitative estimate of drug-likeness (QED) is 0.663. The predicted octanol–water partition coefficient (Wildman–Crippen LogP) is 1.67. The van der Waals surface area contributed by atoms with E-state index in [1.54, 1.807) is 0 Å². The van der Waals surface area contributed by atoms with E-state index in [0.29, 0.717) is 30.8 Å². The lowest BCUT2D eigenvalue weighted by Gasteiger charge is -2.16. The Morgan fingerprint density at radius 1 is 1.65 bits per heavy atom. The van der Waals surface area contributed by atoms with E-state index in [4.69, 9.17) is 17.3 Å². The van der Waals surface area contributed by atoms with Gasteiger partial charge < -0.3 is 5.73 Å². The summed E-state index contributed by atoms with van der Waals surface area (Å²) in [6, 6.07) is 0.929. The topological polar surface area (TPSA) is 107 Å². The summed E-state index contributed by atoms with van der Waals surface area (Å²) in [5.74, 6) is 0.107. The van der Waals surface area contributed by atoms with Crippen LogP contribution in [0, 0.1) is 16.0 Å². The summed E-state index contributed by atoms with van der Waals surface area (Å²) >= 11 is 6.41. The first-order chi connectivity index (χ1) is 9.23. The van der Waals surface area contributed by atoms with Gasteiger partial charge in [-0.1, -0.05) is 11.6 Å². The SMILES string of the molecule is CC(N)C1CCN(S(=O)(=O)c2cc([N+](=O)[O-])c(Cl)s2)C1. The molecule has 0 spiro atoms. The summed E-state index contributed by atoms with van der Waals surface area (Å²) in [5, 5.41) is 10.7. The average Bonchev–Trinajstić information content (AvgIpc) is 2.94. The molecule has 20 heavy (non-hydrogen) atoms. The number of nitrogens with zero attached hydrogens (tertiary/aromatic N) is 2. The predicted molar refractivity (Wildman–Crippen MR) is 76.5 cm³/mol. The maximum atomic E-state index is 12.4. The zero-order valence-electron chi connectivity index (χ0n) is 10.7. The number of sulfonamides is 1. The van der Waals surface area contributed by atoms with E-state index in [9.17, 15) is 18.5 Å². The minimum absolute atomic E-state index is 0.0866. The second kappa shape index (κ2) is 5.57. The number of nitrogens with two attached hydrogens (primary N) is 1. The van der Waals surface area contributed by atoms with Gasteiger partial charge in [0.15, 0.2) is 4.34 Å². The van der Waals surface area contributed by atoms with Gasteiger partial charge in [0.1, 0.15) is 4.21 Å². The molecule has 2 heterocycles. The minimum Gasteiger partial charge on any atom is -0.328 e. The molecule has 2 atom stereocenters. The van der Waals surface area contributed by atoms with E-state index in [1.165, 1.54) is 4.31 Å². The van der Waals surface area contributed by atoms with Crippen molar-refractivity contribution in [3.8, 4) is 0 Å². The van der Waals surface area contributed by atoms with E-state index < -0.39 is 14.9 Å². The van der Waals surface area contributed by atoms with Crippen molar-refractivity contribution in [2.75, 3.05) is 13.1 Å². The van der Waals surface area contributed by atoms with Gasteiger partial charge in [0.05, 0.1) is 4.92 Å². The molecule has 1 aliphatic rings. The van der Waals surface area contributed by atoms with E-state index in [1.807, 2.05) is 6.92 Å². The van der Waals surface area contributed by atoms with Crippen molar-refractivity contribution in [2.24, 2.45) is 11.7 Å². The van der Waals surface area contributed by atoms with Crippen LogP contribution >= 0.6 is 22.9 Å². The maximum Gasteiger partial charge on any atom is 0.300 e. The molecular weight excluding hydrogens is 326 g/mol. The molecular formula is C10H14ClN3O4S2. The first-order valence-electron chi connectivity index (χ1n) is 5.93. The van der Waals surface area contributed by atoms with Crippen molar-refractivity contribution in [2.45, 2.75) is 23.6 Å². The number of hydrogen-bond donors (Lipinski definition) is 1. The van der Waals surface area contributed by atoms with Crippen molar-refractivity contribution < 1.29 is 13.3 Å². The Labute approximate surface area is 125 Å². The Morgan fingerprint density at radius 2 is 2.30 bits per heavy atom. The van der Waals surface area contributed by atoms with Crippen LogP contribution in [0.25, 0.3) is 0 Å². The molecule has 1 aromatic rings. The normalized spacial score (nSPS) is 22.1. The summed E-state index contributed by atoms with van der Waals surface area (Å²) in [7, 11) is -3.73. The third-order valence-corrected chi connectivity index (χ3v) is 7.02. The number of halogens is 1. The van der Waals surface area contributed by atoms with Gasteiger partial charge >= 0.3 is 0 Å². The Kier molecular flexibility index (Phi) is 4.35. The molecule has 112 valence electrons. The number of nitro groups is 1. The highest BCUT2D eigenvalue weighted by molar-refractivity contribution is 7.91. The molecule has 1 saturated heterocycles. The molecule has 1 aromatic heterocycles. The molecule has 0 saturated carbocycles. The highest BCUT2D eigenvalue weighted by Crippen LogP contribution is 2.38. The molecule has 1 fully saturated rings. The van der Waals surface area contributed by atoms with Crippen molar-refractivity contribution in [3.05, 3.63) is 20.5 Å². The van der Waals surface area contributed by atoms with Crippen LogP contribution in [0.3, 0.4) is 0 Å². The van der Waals surface area contributed by atoms with Gasteiger partial charge in [0.25, 0.3) is 15.7 Å². The van der Waals surface area contributed by atoms with Crippen LogP contribution in [0.1, 0.15) is 13.3 Å². The molecule has 1 aliphatic heterocycles. The van der Waals surface area contributed by atoms with E-state index in [0.717, 1.165) is 6.07 Å². The first kappa shape index (κ1) is 15.6. The summed E-state index contributed by atoms with van der Waals surface area (Å²) in [6.07, 6.45) is 0.693. The second-order valence-corrected chi connectivity index (χ2v) is 8.57. The lowest BCUT2D eigenvalue weighted by atomic mass is 10.0. The van der Waals surface area contributed by atoms with Gasteiger partial charge in [-0.15, -0.1) is 11.3 Å². The molecule has 2 rings (SSSR count). The molecule has 10 heteroatoms. The van der Waals surface area contributed by atoms with Crippen LogP contribution in [0.15, 0.2) is 10.3 Å². The van der Waals surface area contributed by atoms with E-state index in [2.05, 4.69) is 0 Å². The Hall–Kier alpha value is -0.740. The molecule has 7 nitrogen and oxygen atoms in total. The lowest BCUT2D eigenvalue weighted by molar-refractivity contribution is -0.384. The van der Waals surface area contributed by atoms with Crippen molar-refractivity contribution >= 4 is 38.6 Å². The second-order valence-electron chi connectivity index (χ2n) is 4.75. The summed E-state index contributed by atoms with van der Waals surface area (Å²) < 4.78 is 25.9. The molecule has 0 radical (unpaired) electrons. The highest BCUT2D eigenvalue weighted by atomic mass is 35.5. The first-order valence-corrected chi connectivity index (χ1v) is 8.56. The Bertz CT molecular complexity index is 628. The molecule has 2 N–H and O–H groups in total. The van der Waals surface area contributed by atoms with Crippen molar-refractivity contribution in [3.63, 3.8) is 0 Å². The largest absolute Gasteiger partial charge is 0.328 e. The standard InChI is InChI=1S/C10H14ClN3O4S2/c1-6(12)7-2-3-13(5-7)20(17,18)9-4-8(14(15)16)10(11)19-9/h4,6-7H,2-3,5,12H2,1H3. The zero-order valence-corrected chi connectivity index (χ0v) is 13.0. The summed E-state index contributed by atoms with van der Waals surface area (Å²) in [4.78, 5) is 10.0.